The molecule has 10 nitrogen and oxygen atoms in total. The van der Waals surface area contributed by atoms with E-state index in [2.05, 4.69) is 5.16 Å². The maximum Gasteiger partial charge on any atom is 0.279 e. The number of oxime groups is 1. The number of amides is 2. The first-order valence-corrected chi connectivity index (χ1v) is 7.52. The standard InChI is InChI=1S/C16H11N3O7/c20-13(10-6-3-7-25-10)12-11-14(26-17-12)16(22)18(15(11)21)8-4-1-2-5-9(8)19(23)24/h1-7,11,14,19,23H/t11-,14+/m0/s1. The van der Waals surface area contributed by atoms with Crippen LogP contribution in [0.15, 0.2) is 52.2 Å². The number of furan rings is 1. The van der Waals surface area contributed by atoms with Crippen LogP contribution in [0.4, 0.5) is 11.4 Å². The van der Waals surface area contributed by atoms with Gasteiger partial charge in [-0.2, -0.15) is 5.23 Å². The molecule has 2 amide bonds. The van der Waals surface area contributed by atoms with Gasteiger partial charge in [-0.25, -0.2) is 10.1 Å². The van der Waals surface area contributed by atoms with Crippen LogP contribution in [0.5, 0.6) is 0 Å². The summed E-state index contributed by atoms with van der Waals surface area (Å²) in [6.45, 7) is 0. The van der Waals surface area contributed by atoms with Crippen molar-refractivity contribution >= 4 is 34.7 Å². The minimum Gasteiger partial charge on any atom is -0.595 e. The van der Waals surface area contributed by atoms with E-state index in [1.807, 2.05) is 0 Å². The molecule has 2 aliphatic rings. The quantitative estimate of drug-likeness (QED) is 0.439. The summed E-state index contributed by atoms with van der Waals surface area (Å²) in [5.74, 6) is -3.51. The second-order valence-electron chi connectivity index (χ2n) is 5.62. The fraction of sp³-hybridized carbons (Fsp3) is 0.125. The van der Waals surface area contributed by atoms with Gasteiger partial charge in [0.1, 0.15) is 17.3 Å². The first kappa shape index (κ1) is 16.1. The maximum absolute atomic E-state index is 12.8. The van der Waals surface area contributed by atoms with Crippen LogP contribution in [0.2, 0.25) is 0 Å². The van der Waals surface area contributed by atoms with Crippen LogP contribution in [-0.4, -0.2) is 34.6 Å². The zero-order chi connectivity index (χ0) is 18.4. The number of Topliss-reactive ketones (excluding diaryl/α,β-unsaturated/α-hetero) is 1. The van der Waals surface area contributed by atoms with Gasteiger partial charge in [0.15, 0.2) is 11.4 Å². The van der Waals surface area contributed by atoms with E-state index >= 15 is 0 Å². The minimum atomic E-state index is -1.31. The first-order chi connectivity index (χ1) is 12.5. The lowest BCUT2D eigenvalue weighted by Gasteiger charge is -2.20. The van der Waals surface area contributed by atoms with Crippen LogP contribution in [0.3, 0.4) is 0 Å². The Hall–Kier alpha value is -3.34. The van der Waals surface area contributed by atoms with Gasteiger partial charge in [0, 0.05) is 6.07 Å². The van der Waals surface area contributed by atoms with Crippen molar-refractivity contribution in [2.45, 2.75) is 6.10 Å². The van der Waals surface area contributed by atoms with E-state index in [4.69, 9.17) is 9.25 Å². The van der Waals surface area contributed by atoms with Crippen molar-refractivity contribution in [1.29, 1.82) is 0 Å². The first-order valence-electron chi connectivity index (χ1n) is 7.52. The SMILES string of the molecule is O=C(C1=NO[C@H]2C(=O)N(c3ccccc3[NH+]([O-])O)C(=O)[C@@H]12)c1ccco1. The third-order valence-electron chi connectivity index (χ3n) is 4.17. The van der Waals surface area contributed by atoms with Crippen LogP contribution in [0.25, 0.3) is 0 Å². The van der Waals surface area contributed by atoms with Gasteiger partial charge in [-0.05, 0) is 18.2 Å². The van der Waals surface area contributed by atoms with E-state index in [-0.39, 0.29) is 22.8 Å². The predicted octanol–water partition coefficient (Wildman–Crippen LogP) is -0.190. The number of benzene rings is 1. The van der Waals surface area contributed by atoms with E-state index in [1.165, 1.54) is 42.7 Å². The van der Waals surface area contributed by atoms with Crippen LogP contribution < -0.4 is 10.1 Å². The van der Waals surface area contributed by atoms with Gasteiger partial charge in [-0.1, -0.05) is 17.3 Å². The maximum atomic E-state index is 12.8. The molecule has 3 atom stereocenters. The Morgan fingerprint density at radius 1 is 1.19 bits per heavy atom. The van der Waals surface area contributed by atoms with Crippen molar-refractivity contribution < 1.29 is 34.1 Å². The molecule has 2 aliphatic heterocycles. The summed E-state index contributed by atoms with van der Waals surface area (Å²) in [7, 11) is 0. The summed E-state index contributed by atoms with van der Waals surface area (Å²) >= 11 is 0. The van der Waals surface area contributed by atoms with Crippen LogP contribution in [0, 0.1) is 11.1 Å². The third kappa shape index (κ3) is 2.24. The van der Waals surface area contributed by atoms with E-state index in [0.29, 0.717) is 0 Å². The summed E-state index contributed by atoms with van der Waals surface area (Å²) in [5, 5.41) is 23.0. The van der Waals surface area contributed by atoms with Crippen molar-refractivity contribution in [3.8, 4) is 0 Å². The summed E-state index contributed by atoms with van der Waals surface area (Å²) in [5.41, 5.74) is -0.554. The molecule has 26 heavy (non-hydrogen) atoms. The number of fused-ring (bicyclic) bond motifs is 1. The predicted molar refractivity (Wildman–Crippen MR) is 83.5 cm³/mol. The van der Waals surface area contributed by atoms with Gasteiger partial charge in [0.05, 0.1) is 6.26 Å². The molecule has 1 saturated heterocycles. The molecule has 1 aromatic carbocycles. The van der Waals surface area contributed by atoms with Gasteiger partial charge in [-0.15, -0.1) is 0 Å². The fourth-order valence-electron chi connectivity index (χ4n) is 2.99. The summed E-state index contributed by atoms with van der Waals surface area (Å²) in [6.07, 6.45) is -0.0174. The molecule has 1 fully saturated rings. The molecule has 1 unspecified atom stereocenters. The van der Waals surface area contributed by atoms with Gasteiger partial charge >= 0.3 is 0 Å². The molecule has 0 saturated carbocycles. The molecule has 132 valence electrons. The number of quaternary nitrogens is 1. The van der Waals surface area contributed by atoms with Crippen LogP contribution >= 0.6 is 0 Å². The second kappa shape index (κ2) is 5.88. The summed E-state index contributed by atoms with van der Waals surface area (Å²) < 4.78 is 5.01. The molecule has 4 rings (SSSR count). The number of carbonyl (C=O) groups excluding carboxylic acids is 3. The molecule has 0 spiro atoms. The fourth-order valence-corrected chi connectivity index (χ4v) is 2.99. The minimum absolute atomic E-state index is 0.0439. The lowest BCUT2D eigenvalue weighted by Crippen LogP contribution is -2.99. The largest absolute Gasteiger partial charge is 0.595 e. The molecule has 0 aliphatic carbocycles. The topological polar surface area (TPSA) is 137 Å². The second-order valence-corrected chi connectivity index (χ2v) is 5.62. The van der Waals surface area contributed by atoms with E-state index in [0.717, 1.165) is 4.90 Å². The van der Waals surface area contributed by atoms with Crippen molar-refractivity contribution in [1.82, 2.24) is 0 Å². The molecule has 3 heterocycles. The van der Waals surface area contributed by atoms with E-state index in [9.17, 15) is 24.8 Å². The molecule has 0 radical (unpaired) electrons. The van der Waals surface area contributed by atoms with Gasteiger partial charge in [0.25, 0.3) is 5.91 Å². The monoisotopic (exact) mass is 357 g/mol. The van der Waals surface area contributed by atoms with Crippen LogP contribution in [-0.2, 0) is 14.4 Å². The van der Waals surface area contributed by atoms with Gasteiger partial charge in [-0.3, -0.25) is 14.4 Å². The molecule has 2 N–H and O–H groups in total. The molecular formula is C16H11N3O7. The molecular weight excluding hydrogens is 346 g/mol. The number of para-hydroxylation sites is 2. The zero-order valence-electron chi connectivity index (χ0n) is 13.0. The highest BCUT2D eigenvalue weighted by molar-refractivity contribution is 6.52. The van der Waals surface area contributed by atoms with Crippen molar-refractivity contribution in [2.24, 2.45) is 11.1 Å². The highest BCUT2D eigenvalue weighted by Crippen LogP contribution is 2.36. The Morgan fingerprint density at radius 2 is 1.96 bits per heavy atom. The number of rotatable bonds is 4. The van der Waals surface area contributed by atoms with E-state index < -0.39 is 34.8 Å². The number of hydrogen-bond acceptors (Lipinski definition) is 8. The lowest BCUT2D eigenvalue weighted by molar-refractivity contribution is -0.990. The number of anilines is 1. The Balaban J connectivity index is 1.71. The summed E-state index contributed by atoms with van der Waals surface area (Å²) in [4.78, 5) is 43.6. The average molecular weight is 357 g/mol. The smallest absolute Gasteiger partial charge is 0.279 e. The molecule has 10 heteroatoms. The number of hydrogen-bond donors (Lipinski definition) is 2. The summed E-state index contributed by atoms with van der Waals surface area (Å²) in [6, 6.07) is 8.49. The number of ketones is 1. The average Bonchev–Trinajstić information content (AvgIpc) is 3.34. The van der Waals surface area contributed by atoms with Crippen LogP contribution in [0.1, 0.15) is 10.6 Å². The highest BCUT2D eigenvalue weighted by atomic mass is 16.8. The van der Waals surface area contributed by atoms with Gasteiger partial charge in [0.2, 0.25) is 17.8 Å². The van der Waals surface area contributed by atoms with Gasteiger partial charge < -0.3 is 14.5 Å². The Labute approximate surface area is 145 Å². The number of nitrogens with zero attached hydrogens (tertiary/aromatic N) is 2. The van der Waals surface area contributed by atoms with E-state index in [1.54, 1.807) is 0 Å². The van der Waals surface area contributed by atoms with Crippen molar-refractivity contribution in [3.63, 3.8) is 0 Å². The third-order valence-corrected chi connectivity index (χ3v) is 4.17. The van der Waals surface area contributed by atoms with Crippen molar-refractivity contribution in [2.75, 3.05) is 4.90 Å². The normalized spacial score (nSPS) is 22.8. The Bertz CT molecular complexity index is 935. The Morgan fingerprint density at radius 3 is 2.65 bits per heavy atom. The zero-order valence-corrected chi connectivity index (χ0v) is 13.0. The Kier molecular flexibility index (Phi) is 3.65. The molecule has 1 aromatic heterocycles. The number of nitrogens with one attached hydrogen (secondary N) is 1. The highest BCUT2D eigenvalue weighted by Gasteiger charge is 2.58. The number of imide groups is 1. The lowest BCUT2D eigenvalue weighted by atomic mass is 9.96. The number of carbonyl (C=O) groups is 3. The molecule has 2 aromatic rings. The van der Waals surface area contributed by atoms with Crippen molar-refractivity contribution in [3.05, 3.63) is 53.6 Å². The molecule has 0 bridgehead atoms.